The van der Waals surface area contributed by atoms with Gasteiger partial charge in [-0.1, -0.05) is 24.4 Å². The molecule has 1 heterocycles. The molecular weight excluding hydrogens is 282 g/mol. The Labute approximate surface area is 130 Å². The van der Waals surface area contributed by atoms with Gasteiger partial charge in [0.05, 0.1) is 23.7 Å². The van der Waals surface area contributed by atoms with Gasteiger partial charge in [0.15, 0.2) is 0 Å². The van der Waals surface area contributed by atoms with E-state index in [1.807, 2.05) is 6.07 Å². The molecule has 1 aromatic carbocycles. The number of benzene rings is 1. The lowest BCUT2D eigenvalue weighted by molar-refractivity contribution is 0.414. The van der Waals surface area contributed by atoms with Crippen molar-refractivity contribution >= 4 is 11.5 Å². The maximum atomic E-state index is 5.30. The number of nitrogens with zero attached hydrogens (tertiary/aromatic N) is 2. The molecule has 0 fully saturated rings. The van der Waals surface area contributed by atoms with Gasteiger partial charge in [0.2, 0.25) is 0 Å². The van der Waals surface area contributed by atoms with Crippen LogP contribution in [0.1, 0.15) is 48.0 Å². The molecule has 1 atom stereocenters. The first-order valence-corrected chi connectivity index (χ1v) is 8.17. The standard InChI is InChI=1S/C16H23N3OS/c1-5-9-17-15(16-14(6-2)18-19-21-16)13-8-7-12(20-4)10-11(13)3/h7-8,10,15,17H,5-6,9H2,1-4H3. The summed E-state index contributed by atoms with van der Waals surface area (Å²) in [7, 11) is 1.70. The number of aromatic nitrogens is 2. The van der Waals surface area contributed by atoms with Crippen LogP contribution in [0.4, 0.5) is 0 Å². The lowest BCUT2D eigenvalue weighted by Crippen LogP contribution is -2.24. The van der Waals surface area contributed by atoms with Crippen molar-refractivity contribution in [1.82, 2.24) is 14.9 Å². The molecule has 5 heteroatoms. The molecule has 0 saturated carbocycles. The molecule has 0 aliphatic rings. The summed E-state index contributed by atoms with van der Waals surface area (Å²) in [6, 6.07) is 6.39. The molecule has 1 aromatic heterocycles. The highest BCUT2D eigenvalue weighted by atomic mass is 32.1. The van der Waals surface area contributed by atoms with Crippen LogP contribution in [-0.4, -0.2) is 23.2 Å². The number of hydrogen-bond acceptors (Lipinski definition) is 5. The summed E-state index contributed by atoms with van der Waals surface area (Å²) in [5.74, 6) is 0.892. The molecule has 0 aliphatic heterocycles. The van der Waals surface area contributed by atoms with Crippen molar-refractivity contribution in [3.05, 3.63) is 39.9 Å². The van der Waals surface area contributed by atoms with Crippen molar-refractivity contribution < 1.29 is 4.74 Å². The van der Waals surface area contributed by atoms with Crippen molar-refractivity contribution in [3.8, 4) is 5.75 Å². The molecule has 2 aromatic rings. The highest BCUT2D eigenvalue weighted by Crippen LogP contribution is 2.31. The van der Waals surface area contributed by atoms with E-state index in [9.17, 15) is 0 Å². The second-order valence-electron chi connectivity index (χ2n) is 5.05. The Morgan fingerprint density at radius 2 is 2.14 bits per heavy atom. The summed E-state index contributed by atoms with van der Waals surface area (Å²) < 4.78 is 9.44. The quantitative estimate of drug-likeness (QED) is 0.850. The Morgan fingerprint density at radius 3 is 2.76 bits per heavy atom. The van der Waals surface area contributed by atoms with Crippen LogP contribution in [0.5, 0.6) is 5.75 Å². The molecule has 0 radical (unpaired) electrons. The smallest absolute Gasteiger partial charge is 0.119 e. The maximum Gasteiger partial charge on any atom is 0.119 e. The third-order valence-electron chi connectivity index (χ3n) is 3.57. The van der Waals surface area contributed by atoms with Crippen LogP contribution in [0, 0.1) is 6.92 Å². The van der Waals surface area contributed by atoms with Crippen LogP contribution in [0.3, 0.4) is 0 Å². The summed E-state index contributed by atoms with van der Waals surface area (Å²) in [4.78, 5) is 1.22. The molecule has 1 unspecified atom stereocenters. The van der Waals surface area contributed by atoms with Gasteiger partial charge in [0, 0.05) is 0 Å². The Morgan fingerprint density at radius 1 is 1.33 bits per heavy atom. The first kappa shape index (κ1) is 15.9. The van der Waals surface area contributed by atoms with E-state index in [-0.39, 0.29) is 6.04 Å². The molecule has 114 valence electrons. The topological polar surface area (TPSA) is 47.0 Å². The van der Waals surface area contributed by atoms with Crippen LogP contribution < -0.4 is 10.1 Å². The van der Waals surface area contributed by atoms with Gasteiger partial charge in [-0.15, -0.1) is 5.10 Å². The van der Waals surface area contributed by atoms with Crippen LogP contribution >= 0.6 is 11.5 Å². The zero-order chi connectivity index (χ0) is 15.2. The highest BCUT2D eigenvalue weighted by Gasteiger charge is 2.21. The number of ether oxygens (including phenoxy) is 1. The Kier molecular flexibility index (Phi) is 5.70. The molecule has 21 heavy (non-hydrogen) atoms. The Hall–Kier alpha value is -1.46. The van der Waals surface area contributed by atoms with Gasteiger partial charge in [-0.05, 0) is 61.1 Å². The fourth-order valence-electron chi connectivity index (χ4n) is 2.41. The largest absolute Gasteiger partial charge is 0.497 e. The van der Waals surface area contributed by atoms with Gasteiger partial charge >= 0.3 is 0 Å². The lowest BCUT2D eigenvalue weighted by atomic mass is 9.98. The summed E-state index contributed by atoms with van der Waals surface area (Å²) in [6.07, 6.45) is 2.00. The second-order valence-corrected chi connectivity index (χ2v) is 5.83. The van der Waals surface area contributed by atoms with E-state index >= 15 is 0 Å². The summed E-state index contributed by atoms with van der Waals surface area (Å²) in [6.45, 7) is 7.39. The second kappa shape index (κ2) is 7.52. The first-order chi connectivity index (χ1) is 10.2. The fraction of sp³-hybridized carbons (Fsp3) is 0.500. The number of hydrogen-bond donors (Lipinski definition) is 1. The van der Waals surface area contributed by atoms with E-state index in [0.717, 1.165) is 30.8 Å². The zero-order valence-corrected chi connectivity index (χ0v) is 14.0. The minimum atomic E-state index is 0.158. The average molecular weight is 305 g/mol. The first-order valence-electron chi connectivity index (χ1n) is 7.40. The van der Waals surface area contributed by atoms with Crippen LogP contribution in [-0.2, 0) is 6.42 Å². The van der Waals surface area contributed by atoms with E-state index in [1.165, 1.54) is 27.5 Å². The van der Waals surface area contributed by atoms with Crippen LogP contribution in [0.25, 0.3) is 0 Å². The van der Waals surface area contributed by atoms with Crippen molar-refractivity contribution in [2.45, 2.75) is 39.7 Å². The summed E-state index contributed by atoms with van der Waals surface area (Å²) >= 11 is 1.49. The van der Waals surface area contributed by atoms with Gasteiger partial charge in [0.1, 0.15) is 5.75 Å². The number of nitrogens with one attached hydrogen (secondary N) is 1. The number of rotatable bonds is 7. The maximum absolute atomic E-state index is 5.30. The molecular formula is C16H23N3OS. The summed E-state index contributed by atoms with van der Waals surface area (Å²) in [5, 5.41) is 7.89. The molecule has 0 aliphatic carbocycles. The van der Waals surface area contributed by atoms with Crippen molar-refractivity contribution in [3.63, 3.8) is 0 Å². The number of methoxy groups -OCH3 is 1. The van der Waals surface area contributed by atoms with E-state index < -0.39 is 0 Å². The van der Waals surface area contributed by atoms with Crippen molar-refractivity contribution in [2.75, 3.05) is 13.7 Å². The lowest BCUT2D eigenvalue weighted by Gasteiger charge is -2.20. The molecule has 0 bridgehead atoms. The zero-order valence-electron chi connectivity index (χ0n) is 13.1. The number of aryl methyl sites for hydroxylation is 2. The SMILES string of the molecule is CCCNC(c1ccc(OC)cc1C)c1snnc1CC. The van der Waals surface area contributed by atoms with Crippen LogP contribution in [0.15, 0.2) is 18.2 Å². The predicted octanol–water partition coefficient (Wildman–Crippen LogP) is 3.51. The van der Waals surface area contributed by atoms with Gasteiger partial charge in [-0.3, -0.25) is 0 Å². The van der Waals surface area contributed by atoms with Gasteiger partial charge in [0.25, 0.3) is 0 Å². The van der Waals surface area contributed by atoms with E-state index in [1.54, 1.807) is 7.11 Å². The normalized spacial score (nSPS) is 12.4. The van der Waals surface area contributed by atoms with Crippen molar-refractivity contribution in [1.29, 1.82) is 0 Å². The highest BCUT2D eigenvalue weighted by molar-refractivity contribution is 7.05. The van der Waals surface area contributed by atoms with E-state index in [0.29, 0.717) is 0 Å². The van der Waals surface area contributed by atoms with E-state index in [2.05, 4.69) is 47.8 Å². The van der Waals surface area contributed by atoms with E-state index in [4.69, 9.17) is 4.74 Å². The third-order valence-corrected chi connectivity index (χ3v) is 4.40. The fourth-order valence-corrected chi connectivity index (χ4v) is 3.25. The molecule has 0 spiro atoms. The monoisotopic (exact) mass is 305 g/mol. The van der Waals surface area contributed by atoms with Crippen LogP contribution in [0.2, 0.25) is 0 Å². The predicted molar refractivity (Wildman–Crippen MR) is 87.2 cm³/mol. The molecule has 0 saturated heterocycles. The molecule has 2 rings (SSSR count). The molecule has 4 nitrogen and oxygen atoms in total. The van der Waals surface area contributed by atoms with Gasteiger partial charge in [-0.25, -0.2) is 0 Å². The van der Waals surface area contributed by atoms with Crippen molar-refractivity contribution in [2.24, 2.45) is 0 Å². The van der Waals surface area contributed by atoms with Gasteiger partial charge < -0.3 is 10.1 Å². The third kappa shape index (κ3) is 3.60. The Bertz CT molecular complexity index is 583. The van der Waals surface area contributed by atoms with Gasteiger partial charge in [-0.2, -0.15) is 0 Å². The summed E-state index contributed by atoms with van der Waals surface area (Å²) in [5.41, 5.74) is 3.58. The average Bonchev–Trinajstić information content (AvgIpc) is 2.97. The minimum Gasteiger partial charge on any atom is -0.497 e. The Balaban J connectivity index is 2.40. The molecule has 1 N–H and O–H groups in total. The molecule has 0 amide bonds. The minimum absolute atomic E-state index is 0.158.